The van der Waals surface area contributed by atoms with Gasteiger partial charge < -0.3 is 25.3 Å². The fourth-order valence-corrected chi connectivity index (χ4v) is 4.26. The number of nitrogens with zero attached hydrogens (tertiary/aromatic N) is 2. The molecule has 0 atom stereocenters. The topological polar surface area (TPSA) is 125 Å². The van der Waals surface area contributed by atoms with Gasteiger partial charge in [0.2, 0.25) is 11.7 Å². The lowest BCUT2D eigenvalue weighted by Gasteiger charge is -2.21. The van der Waals surface area contributed by atoms with Crippen LogP contribution in [0.15, 0.2) is 42.6 Å². The van der Waals surface area contributed by atoms with Crippen molar-refractivity contribution in [1.29, 1.82) is 0 Å². The molecule has 0 unspecified atom stereocenters. The second-order valence-corrected chi connectivity index (χ2v) is 8.11. The molecule has 0 aliphatic carbocycles. The molecular formula is C24H29ClN4O6S. The number of methoxy groups -OCH3 is 3. The van der Waals surface area contributed by atoms with E-state index in [9.17, 15) is 9.59 Å². The van der Waals surface area contributed by atoms with Gasteiger partial charge in [0, 0.05) is 30.3 Å². The minimum atomic E-state index is -0.456. The number of rotatable bonds is 11. The summed E-state index contributed by atoms with van der Waals surface area (Å²) in [5.41, 5.74) is 8.21. The minimum Gasteiger partial charge on any atom is -0.493 e. The second kappa shape index (κ2) is 13.5. The van der Waals surface area contributed by atoms with Gasteiger partial charge in [0.1, 0.15) is 0 Å². The molecule has 1 heterocycles. The standard InChI is InChI=1S/C24H28N4O6S.ClH/c1-31-19-12-16(13-20(32-2)22(19)33-3)23-18(14-27-35-23)15-7-5-8-17(11-15)28(34-4)24(30)26-10-6-9-21(25)29;/h5,7-8,11-14H,6,9-10H2,1-4H3,(H2,25,29)(H,26,30);1H. The number of anilines is 1. The van der Waals surface area contributed by atoms with Gasteiger partial charge >= 0.3 is 6.03 Å². The first-order valence-corrected chi connectivity index (χ1v) is 11.5. The summed E-state index contributed by atoms with van der Waals surface area (Å²) < 4.78 is 20.8. The predicted octanol–water partition coefficient (Wildman–Crippen LogP) is 4.27. The molecule has 0 fully saturated rings. The fraction of sp³-hybridized carbons (Fsp3) is 0.292. The largest absolute Gasteiger partial charge is 0.493 e. The average molecular weight is 537 g/mol. The van der Waals surface area contributed by atoms with Crippen LogP contribution in [-0.4, -0.2) is 51.3 Å². The molecule has 0 aliphatic rings. The second-order valence-electron chi connectivity index (χ2n) is 7.31. The maximum atomic E-state index is 12.6. The van der Waals surface area contributed by atoms with E-state index in [2.05, 4.69) is 9.69 Å². The SMILES string of the molecule is COc1cc(-c2sncc2-c2cccc(N(OC)C(=O)NCCCC(N)=O)c2)cc(OC)c1OC.Cl. The molecule has 2 aromatic carbocycles. The van der Waals surface area contributed by atoms with Gasteiger partial charge in [-0.15, -0.1) is 12.4 Å². The smallest absolute Gasteiger partial charge is 0.346 e. The summed E-state index contributed by atoms with van der Waals surface area (Å²) >= 11 is 1.33. The van der Waals surface area contributed by atoms with Gasteiger partial charge in [-0.3, -0.25) is 9.63 Å². The van der Waals surface area contributed by atoms with Crippen molar-refractivity contribution >= 4 is 41.6 Å². The molecule has 0 saturated carbocycles. The number of nitrogens with one attached hydrogen (secondary N) is 1. The van der Waals surface area contributed by atoms with Crippen LogP contribution in [0.2, 0.25) is 0 Å². The highest BCUT2D eigenvalue weighted by Crippen LogP contribution is 2.44. The monoisotopic (exact) mass is 536 g/mol. The number of urea groups is 1. The zero-order valence-corrected chi connectivity index (χ0v) is 22.0. The summed E-state index contributed by atoms with van der Waals surface area (Å²) in [5, 5.41) is 3.86. The van der Waals surface area contributed by atoms with Crippen LogP contribution in [0.25, 0.3) is 21.6 Å². The highest BCUT2D eigenvalue weighted by Gasteiger charge is 2.20. The number of aromatic nitrogens is 1. The third-order valence-corrected chi connectivity index (χ3v) is 5.98. The molecule has 3 N–H and O–H groups in total. The Morgan fingerprint density at radius 2 is 1.72 bits per heavy atom. The Hall–Kier alpha value is -3.54. The Morgan fingerprint density at radius 3 is 2.31 bits per heavy atom. The van der Waals surface area contributed by atoms with Crippen LogP contribution < -0.4 is 30.3 Å². The van der Waals surface area contributed by atoms with E-state index >= 15 is 0 Å². The maximum Gasteiger partial charge on any atom is 0.346 e. The summed E-state index contributed by atoms with van der Waals surface area (Å²) in [4.78, 5) is 29.7. The van der Waals surface area contributed by atoms with Crippen LogP contribution in [0.1, 0.15) is 12.8 Å². The zero-order valence-electron chi connectivity index (χ0n) is 20.4. The van der Waals surface area contributed by atoms with Gasteiger partial charge in [-0.05, 0) is 47.8 Å². The number of amides is 3. The Kier molecular flexibility index (Phi) is 10.8. The van der Waals surface area contributed by atoms with Gasteiger partial charge in [0.05, 0.1) is 39.0 Å². The van der Waals surface area contributed by atoms with E-state index in [1.165, 1.54) is 18.6 Å². The van der Waals surface area contributed by atoms with Crippen molar-refractivity contribution < 1.29 is 28.6 Å². The Balaban J connectivity index is 0.00000456. The van der Waals surface area contributed by atoms with E-state index in [1.807, 2.05) is 30.3 Å². The highest BCUT2D eigenvalue weighted by molar-refractivity contribution is 7.10. The summed E-state index contributed by atoms with van der Waals surface area (Å²) in [5.74, 6) is 1.16. The molecule has 36 heavy (non-hydrogen) atoms. The molecule has 3 amide bonds. The first-order valence-electron chi connectivity index (χ1n) is 10.7. The molecule has 12 heteroatoms. The van der Waals surface area contributed by atoms with Crippen molar-refractivity contribution in [3.05, 3.63) is 42.6 Å². The third kappa shape index (κ3) is 6.56. The number of nitrogens with two attached hydrogens (primary N) is 1. The maximum absolute atomic E-state index is 12.6. The Labute approximate surface area is 219 Å². The first-order chi connectivity index (χ1) is 16.9. The van der Waals surface area contributed by atoms with Crippen LogP contribution in [0.5, 0.6) is 17.2 Å². The van der Waals surface area contributed by atoms with E-state index < -0.39 is 11.9 Å². The Morgan fingerprint density at radius 1 is 1.03 bits per heavy atom. The number of hydroxylamine groups is 1. The predicted molar refractivity (Wildman–Crippen MR) is 141 cm³/mol. The van der Waals surface area contributed by atoms with Gasteiger partial charge in [0.15, 0.2) is 11.5 Å². The van der Waals surface area contributed by atoms with Gasteiger partial charge in [-0.25, -0.2) is 4.79 Å². The summed E-state index contributed by atoms with van der Waals surface area (Å²) in [6, 6.07) is 10.6. The van der Waals surface area contributed by atoms with E-state index in [0.29, 0.717) is 35.9 Å². The number of benzene rings is 2. The number of carbonyl (C=O) groups is 2. The van der Waals surface area contributed by atoms with E-state index in [-0.39, 0.29) is 18.8 Å². The number of halogens is 1. The zero-order chi connectivity index (χ0) is 25.4. The molecule has 0 saturated heterocycles. The quantitative estimate of drug-likeness (QED) is 0.277. The summed E-state index contributed by atoms with van der Waals surface area (Å²) in [7, 11) is 6.09. The fourth-order valence-electron chi connectivity index (χ4n) is 3.50. The van der Waals surface area contributed by atoms with Crippen molar-refractivity contribution in [2.45, 2.75) is 12.8 Å². The summed E-state index contributed by atoms with van der Waals surface area (Å²) in [6.45, 7) is 0.293. The molecule has 10 nitrogen and oxygen atoms in total. The molecule has 0 aliphatic heterocycles. The van der Waals surface area contributed by atoms with Gasteiger partial charge in [-0.1, -0.05) is 12.1 Å². The molecule has 194 valence electrons. The van der Waals surface area contributed by atoms with Crippen LogP contribution in [0.3, 0.4) is 0 Å². The lowest BCUT2D eigenvalue weighted by atomic mass is 10.0. The van der Waals surface area contributed by atoms with E-state index in [1.54, 1.807) is 33.6 Å². The highest BCUT2D eigenvalue weighted by atomic mass is 35.5. The first kappa shape index (κ1) is 28.7. The van der Waals surface area contributed by atoms with Crippen LogP contribution in [0, 0.1) is 0 Å². The number of hydrogen-bond donors (Lipinski definition) is 2. The molecular weight excluding hydrogens is 508 g/mol. The van der Waals surface area contributed by atoms with Crippen molar-refractivity contribution in [2.24, 2.45) is 5.73 Å². The number of hydrogen-bond acceptors (Lipinski definition) is 8. The Bertz CT molecular complexity index is 1160. The van der Waals surface area contributed by atoms with Crippen molar-refractivity contribution in [2.75, 3.05) is 40.0 Å². The summed E-state index contributed by atoms with van der Waals surface area (Å²) in [6.07, 6.45) is 2.40. The van der Waals surface area contributed by atoms with Crippen molar-refractivity contribution in [3.8, 4) is 38.8 Å². The van der Waals surface area contributed by atoms with Crippen LogP contribution in [0.4, 0.5) is 10.5 Å². The van der Waals surface area contributed by atoms with Crippen molar-refractivity contribution in [1.82, 2.24) is 9.69 Å². The van der Waals surface area contributed by atoms with Gasteiger partial charge in [-0.2, -0.15) is 9.44 Å². The third-order valence-electron chi connectivity index (χ3n) is 5.13. The average Bonchev–Trinajstić information content (AvgIpc) is 3.36. The molecule has 1 aromatic heterocycles. The number of ether oxygens (including phenoxy) is 3. The molecule has 0 radical (unpaired) electrons. The lowest BCUT2D eigenvalue weighted by Crippen LogP contribution is -2.40. The molecule has 0 bridgehead atoms. The minimum absolute atomic E-state index is 0. The number of carbonyl (C=O) groups excluding carboxylic acids is 2. The van der Waals surface area contributed by atoms with E-state index in [0.717, 1.165) is 26.6 Å². The van der Waals surface area contributed by atoms with Crippen LogP contribution in [-0.2, 0) is 9.63 Å². The van der Waals surface area contributed by atoms with E-state index in [4.69, 9.17) is 24.8 Å². The van der Waals surface area contributed by atoms with Gasteiger partial charge in [0.25, 0.3) is 0 Å². The van der Waals surface area contributed by atoms with Crippen molar-refractivity contribution in [3.63, 3.8) is 0 Å². The molecule has 3 aromatic rings. The normalized spacial score (nSPS) is 10.2. The molecule has 0 spiro atoms. The van der Waals surface area contributed by atoms with Crippen LogP contribution >= 0.6 is 23.9 Å². The molecule has 3 rings (SSSR count). The number of primary amides is 1. The lowest BCUT2D eigenvalue weighted by molar-refractivity contribution is -0.118.